The molecule has 94 valence electrons. The lowest BCUT2D eigenvalue weighted by atomic mass is 10.0. The van der Waals surface area contributed by atoms with Gasteiger partial charge in [-0.2, -0.15) is 0 Å². The van der Waals surface area contributed by atoms with Gasteiger partial charge in [-0.1, -0.05) is 43.7 Å². The molecule has 0 unspecified atom stereocenters. The maximum atomic E-state index is 12.0. The minimum atomic E-state index is -0.0342. The zero-order chi connectivity index (χ0) is 13.3. The number of rotatable bonds is 2. The summed E-state index contributed by atoms with van der Waals surface area (Å²) in [5, 5.41) is 0. The molecule has 18 heavy (non-hydrogen) atoms. The van der Waals surface area contributed by atoms with Crippen molar-refractivity contribution < 1.29 is 0 Å². The first-order valence-electron chi connectivity index (χ1n) is 6.17. The maximum absolute atomic E-state index is 12.0. The van der Waals surface area contributed by atoms with E-state index in [0.717, 1.165) is 16.8 Å². The number of H-pyrrole nitrogens is 1. The van der Waals surface area contributed by atoms with Crippen LogP contribution < -0.4 is 5.56 Å². The minimum Gasteiger partial charge on any atom is -0.306 e. The van der Waals surface area contributed by atoms with Gasteiger partial charge in [0.05, 0.1) is 0 Å². The molecule has 0 atom stereocenters. The second-order valence-corrected chi connectivity index (χ2v) is 4.93. The van der Waals surface area contributed by atoms with Crippen LogP contribution in [0, 0.1) is 13.8 Å². The molecule has 0 saturated heterocycles. The van der Waals surface area contributed by atoms with E-state index in [0.29, 0.717) is 5.82 Å². The quantitative estimate of drug-likeness (QED) is 0.879. The van der Waals surface area contributed by atoms with Crippen LogP contribution in [0.4, 0.5) is 0 Å². The Balaban J connectivity index is 2.55. The number of aromatic nitrogens is 2. The van der Waals surface area contributed by atoms with Crippen LogP contribution in [0.5, 0.6) is 0 Å². The van der Waals surface area contributed by atoms with Crippen LogP contribution in [0.15, 0.2) is 29.1 Å². The Hall–Kier alpha value is -1.90. The van der Waals surface area contributed by atoms with E-state index < -0.39 is 0 Å². The maximum Gasteiger partial charge on any atom is 0.254 e. The number of nitrogens with one attached hydrogen (secondary N) is 1. The predicted molar refractivity (Wildman–Crippen MR) is 73.9 cm³/mol. The summed E-state index contributed by atoms with van der Waals surface area (Å²) in [4.78, 5) is 19.4. The van der Waals surface area contributed by atoms with Crippen LogP contribution in [0.3, 0.4) is 0 Å². The molecule has 1 aromatic heterocycles. The highest BCUT2D eigenvalue weighted by Gasteiger charge is 2.12. The van der Waals surface area contributed by atoms with Gasteiger partial charge in [0, 0.05) is 16.8 Å². The van der Waals surface area contributed by atoms with Crippen molar-refractivity contribution in [2.45, 2.75) is 33.6 Å². The number of aryl methyl sites for hydroxylation is 2. The molecular weight excluding hydrogens is 224 g/mol. The van der Waals surface area contributed by atoms with Crippen molar-refractivity contribution in [2.24, 2.45) is 0 Å². The average molecular weight is 242 g/mol. The fourth-order valence-corrected chi connectivity index (χ4v) is 2.12. The van der Waals surface area contributed by atoms with Crippen LogP contribution in [0.25, 0.3) is 11.4 Å². The summed E-state index contributed by atoms with van der Waals surface area (Å²) in [7, 11) is 0. The molecule has 0 amide bonds. The lowest BCUT2D eigenvalue weighted by Crippen LogP contribution is -2.18. The number of hydrogen-bond acceptors (Lipinski definition) is 2. The molecule has 3 heteroatoms. The van der Waals surface area contributed by atoms with Gasteiger partial charge in [-0.05, 0) is 19.8 Å². The first kappa shape index (κ1) is 12.6. The second kappa shape index (κ2) is 4.77. The predicted octanol–water partition coefficient (Wildman–Crippen LogP) is 3.18. The highest BCUT2D eigenvalue weighted by atomic mass is 16.1. The highest BCUT2D eigenvalue weighted by Crippen LogP contribution is 2.18. The van der Waals surface area contributed by atoms with E-state index in [4.69, 9.17) is 0 Å². The van der Waals surface area contributed by atoms with E-state index in [-0.39, 0.29) is 11.5 Å². The summed E-state index contributed by atoms with van der Waals surface area (Å²) in [5.41, 5.74) is 3.68. The van der Waals surface area contributed by atoms with Gasteiger partial charge in [0.15, 0.2) is 0 Å². The molecule has 1 N–H and O–H groups in total. The third-order valence-corrected chi connectivity index (χ3v) is 3.05. The van der Waals surface area contributed by atoms with Crippen LogP contribution in [0.1, 0.15) is 36.6 Å². The second-order valence-electron chi connectivity index (χ2n) is 4.93. The first-order valence-corrected chi connectivity index (χ1v) is 6.17. The number of benzene rings is 1. The molecular formula is C15H18N2O. The molecule has 0 aliphatic heterocycles. The van der Waals surface area contributed by atoms with Crippen molar-refractivity contribution in [3.8, 4) is 11.4 Å². The topological polar surface area (TPSA) is 45.8 Å². The van der Waals surface area contributed by atoms with Gasteiger partial charge in [-0.3, -0.25) is 4.79 Å². The molecule has 1 aromatic carbocycles. The van der Waals surface area contributed by atoms with Crippen molar-refractivity contribution in [2.75, 3.05) is 0 Å². The van der Waals surface area contributed by atoms with Crippen LogP contribution in [-0.2, 0) is 0 Å². The monoisotopic (exact) mass is 242 g/mol. The molecule has 2 aromatic rings. The molecule has 0 aliphatic rings. The summed E-state index contributed by atoms with van der Waals surface area (Å²) in [6.45, 7) is 7.94. The summed E-state index contributed by atoms with van der Waals surface area (Å²) in [6, 6.07) is 7.98. The van der Waals surface area contributed by atoms with Crippen molar-refractivity contribution in [3.63, 3.8) is 0 Å². The molecule has 0 radical (unpaired) electrons. The normalized spacial score (nSPS) is 10.9. The van der Waals surface area contributed by atoms with Gasteiger partial charge < -0.3 is 4.98 Å². The van der Waals surface area contributed by atoms with E-state index in [1.54, 1.807) is 0 Å². The zero-order valence-corrected chi connectivity index (χ0v) is 11.2. The molecule has 2 rings (SSSR count). The summed E-state index contributed by atoms with van der Waals surface area (Å²) in [6.07, 6.45) is 0. The fraction of sp³-hybridized carbons (Fsp3) is 0.333. The smallest absolute Gasteiger partial charge is 0.254 e. The summed E-state index contributed by atoms with van der Waals surface area (Å²) < 4.78 is 0. The molecule has 1 heterocycles. The van der Waals surface area contributed by atoms with Gasteiger partial charge in [-0.15, -0.1) is 0 Å². The summed E-state index contributed by atoms with van der Waals surface area (Å²) in [5.74, 6) is 0.829. The van der Waals surface area contributed by atoms with E-state index in [1.165, 1.54) is 5.56 Å². The Bertz CT molecular complexity index is 609. The third kappa shape index (κ3) is 2.35. The Morgan fingerprint density at radius 1 is 1.11 bits per heavy atom. The molecule has 0 fully saturated rings. The van der Waals surface area contributed by atoms with E-state index in [1.807, 2.05) is 52.0 Å². The van der Waals surface area contributed by atoms with Crippen molar-refractivity contribution >= 4 is 0 Å². The van der Waals surface area contributed by atoms with Gasteiger partial charge in [0.2, 0.25) is 0 Å². The first-order chi connectivity index (χ1) is 8.49. The van der Waals surface area contributed by atoms with Gasteiger partial charge in [0.1, 0.15) is 5.82 Å². The zero-order valence-electron chi connectivity index (χ0n) is 11.2. The Morgan fingerprint density at radius 2 is 1.72 bits per heavy atom. The van der Waals surface area contributed by atoms with Crippen molar-refractivity contribution in [1.29, 1.82) is 0 Å². The Kier molecular flexibility index (Phi) is 3.32. The average Bonchev–Trinajstić information content (AvgIpc) is 2.28. The molecule has 0 bridgehead atoms. The lowest BCUT2D eigenvalue weighted by molar-refractivity contribution is 0.815. The number of aromatic amines is 1. The molecule has 0 aliphatic carbocycles. The fourth-order valence-electron chi connectivity index (χ4n) is 2.12. The highest BCUT2D eigenvalue weighted by molar-refractivity contribution is 5.55. The van der Waals surface area contributed by atoms with E-state index >= 15 is 0 Å². The van der Waals surface area contributed by atoms with Crippen LogP contribution in [-0.4, -0.2) is 9.97 Å². The Morgan fingerprint density at radius 3 is 2.22 bits per heavy atom. The van der Waals surface area contributed by atoms with E-state index in [9.17, 15) is 4.79 Å². The van der Waals surface area contributed by atoms with Gasteiger partial charge in [-0.25, -0.2) is 4.98 Å². The van der Waals surface area contributed by atoms with E-state index in [2.05, 4.69) is 9.97 Å². The largest absolute Gasteiger partial charge is 0.306 e. The molecule has 0 spiro atoms. The number of hydrogen-bond donors (Lipinski definition) is 1. The SMILES string of the molecule is Cc1ccc(-c2nc(C)c(C(C)C)c(=O)[nH]2)cc1. The lowest BCUT2D eigenvalue weighted by Gasteiger charge is -2.09. The standard InChI is InChI=1S/C15H18N2O/c1-9(2)13-11(4)16-14(17-15(13)18)12-7-5-10(3)6-8-12/h5-9H,1-4H3,(H,16,17,18). The Labute approximate surface area is 107 Å². The van der Waals surface area contributed by atoms with Crippen molar-refractivity contribution in [3.05, 3.63) is 51.4 Å². The van der Waals surface area contributed by atoms with Crippen molar-refractivity contribution in [1.82, 2.24) is 9.97 Å². The summed E-state index contributed by atoms with van der Waals surface area (Å²) >= 11 is 0. The van der Waals surface area contributed by atoms with Crippen LogP contribution >= 0.6 is 0 Å². The number of nitrogens with zero attached hydrogens (tertiary/aromatic N) is 1. The third-order valence-electron chi connectivity index (χ3n) is 3.05. The minimum absolute atomic E-state index is 0.0342. The molecule has 0 saturated carbocycles. The molecule has 3 nitrogen and oxygen atoms in total. The van der Waals surface area contributed by atoms with Crippen LogP contribution in [0.2, 0.25) is 0 Å². The van der Waals surface area contributed by atoms with Gasteiger partial charge >= 0.3 is 0 Å². The van der Waals surface area contributed by atoms with Gasteiger partial charge in [0.25, 0.3) is 5.56 Å².